The van der Waals surface area contributed by atoms with E-state index < -0.39 is 0 Å². The van der Waals surface area contributed by atoms with Crippen molar-refractivity contribution >= 4 is 17.5 Å². The topological polar surface area (TPSA) is 66.4 Å². The van der Waals surface area contributed by atoms with Gasteiger partial charge in [-0.3, -0.25) is 4.84 Å². The smallest absolute Gasteiger partial charge is 0.172 e. The lowest BCUT2D eigenvalue weighted by Gasteiger charge is -2.27. The number of nitrogens with zero attached hydrogens (tertiary/aromatic N) is 5. The second-order valence-electron chi connectivity index (χ2n) is 7.23. The van der Waals surface area contributed by atoms with Crippen LogP contribution in [0.1, 0.15) is 38.5 Å². The van der Waals surface area contributed by atoms with Gasteiger partial charge in [0.1, 0.15) is 5.82 Å². The number of hydrogen-bond acceptors (Lipinski definition) is 7. The van der Waals surface area contributed by atoms with Crippen molar-refractivity contribution in [1.29, 1.82) is 0 Å². The van der Waals surface area contributed by atoms with Crippen LogP contribution < -0.4 is 15.3 Å². The molecular formula is C20H28N6O. The van der Waals surface area contributed by atoms with E-state index in [2.05, 4.69) is 20.3 Å². The Morgan fingerprint density at radius 3 is 2.26 bits per heavy atom. The number of rotatable bonds is 5. The summed E-state index contributed by atoms with van der Waals surface area (Å²) in [4.78, 5) is 24.0. The molecule has 2 aliphatic rings. The fraction of sp³-hybridized carbons (Fsp3) is 0.550. The second-order valence-corrected chi connectivity index (χ2v) is 7.23. The van der Waals surface area contributed by atoms with Crippen molar-refractivity contribution in [2.45, 2.75) is 38.5 Å². The van der Waals surface area contributed by atoms with Crippen LogP contribution in [0.15, 0.2) is 24.5 Å². The Kier molecular flexibility index (Phi) is 5.67. The van der Waals surface area contributed by atoms with Gasteiger partial charge in [-0.05, 0) is 37.8 Å². The maximum Gasteiger partial charge on any atom is 0.172 e. The number of hydrogen-bond donors (Lipinski definition) is 1. The molecule has 2 aromatic rings. The molecule has 0 amide bonds. The Bertz CT molecular complexity index is 754. The molecule has 2 fully saturated rings. The molecule has 0 radical (unpaired) electrons. The van der Waals surface area contributed by atoms with Crippen molar-refractivity contribution < 1.29 is 4.84 Å². The van der Waals surface area contributed by atoms with Crippen LogP contribution in [0.3, 0.4) is 0 Å². The molecule has 0 unspecified atom stereocenters. The summed E-state index contributed by atoms with van der Waals surface area (Å²) in [6, 6.07) is 3.90. The van der Waals surface area contributed by atoms with Crippen LogP contribution in [0.2, 0.25) is 0 Å². The molecule has 4 heterocycles. The first-order valence-corrected chi connectivity index (χ1v) is 9.97. The van der Waals surface area contributed by atoms with Crippen LogP contribution in [0.25, 0.3) is 11.3 Å². The van der Waals surface area contributed by atoms with E-state index in [0.29, 0.717) is 5.82 Å². The minimum absolute atomic E-state index is 0.664. The van der Waals surface area contributed by atoms with Gasteiger partial charge in [0.05, 0.1) is 19.0 Å². The van der Waals surface area contributed by atoms with Gasteiger partial charge in [0.15, 0.2) is 11.6 Å². The van der Waals surface area contributed by atoms with Gasteiger partial charge in [0, 0.05) is 37.9 Å². The molecule has 144 valence electrons. The van der Waals surface area contributed by atoms with Gasteiger partial charge in [-0.2, -0.15) is 0 Å². The summed E-state index contributed by atoms with van der Waals surface area (Å²) in [5.41, 5.74) is 4.64. The molecule has 27 heavy (non-hydrogen) atoms. The quantitative estimate of drug-likeness (QED) is 0.810. The molecule has 0 atom stereocenters. The van der Waals surface area contributed by atoms with E-state index in [1.807, 2.05) is 18.3 Å². The molecule has 0 aliphatic carbocycles. The van der Waals surface area contributed by atoms with Gasteiger partial charge in [0.2, 0.25) is 0 Å². The Labute approximate surface area is 160 Å². The van der Waals surface area contributed by atoms with Crippen LogP contribution in [-0.2, 0) is 4.84 Å². The van der Waals surface area contributed by atoms with Crippen LogP contribution in [0, 0.1) is 0 Å². The second kappa shape index (κ2) is 8.52. The minimum atomic E-state index is 0.664. The highest BCUT2D eigenvalue weighted by Gasteiger charge is 2.23. The van der Waals surface area contributed by atoms with Crippen LogP contribution in [-0.4, -0.2) is 48.2 Å². The van der Waals surface area contributed by atoms with Gasteiger partial charge in [-0.25, -0.2) is 20.4 Å². The third kappa shape index (κ3) is 4.13. The van der Waals surface area contributed by atoms with E-state index in [9.17, 15) is 0 Å². The lowest BCUT2D eigenvalue weighted by atomic mass is 10.2. The van der Waals surface area contributed by atoms with Crippen LogP contribution in [0.4, 0.5) is 17.5 Å². The Hall–Kier alpha value is -2.41. The summed E-state index contributed by atoms with van der Waals surface area (Å²) < 4.78 is 0. The van der Waals surface area contributed by atoms with Crippen molar-refractivity contribution in [1.82, 2.24) is 15.0 Å². The zero-order valence-corrected chi connectivity index (χ0v) is 16.0. The summed E-state index contributed by atoms with van der Waals surface area (Å²) >= 11 is 0. The molecule has 7 nitrogen and oxygen atoms in total. The zero-order chi connectivity index (χ0) is 18.5. The number of nitrogens with one attached hydrogen (secondary N) is 1. The molecular weight excluding hydrogens is 340 g/mol. The third-order valence-electron chi connectivity index (χ3n) is 5.31. The van der Waals surface area contributed by atoms with Crippen molar-refractivity contribution in [2.75, 3.05) is 48.6 Å². The molecule has 0 bridgehead atoms. The average Bonchev–Trinajstić information content (AvgIpc) is 3.10. The molecule has 0 aromatic carbocycles. The summed E-state index contributed by atoms with van der Waals surface area (Å²) in [7, 11) is 1.58. The monoisotopic (exact) mass is 368 g/mol. The molecule has 7 heteroatoms. The lowest BCUT2D eigenvalue weighted by molar-refractivity contribution is 0.269. The average molecular weight is 368 g/mol. The van der Waals surface area contributed by atoms with Crippen molar-refractivity contribution in [3.63, 3.8) is 0 Å². The Balaban J connectivity index is 1.71. The zero-order valence-electron chi connectivity index (χ0n) is 16.0. The minimum Gasteiger partial charge on any atom is -0.354 e. The third-order valence-corrected chi connectivity index (χ3v) is 5.31. The number of pyridine rings is 1. The first kappa shape index (κ1) is 18.0. The van der Waals surface area contributed by atoms with Gasteiger partial charge in [-0.1, -0.05) is 12.8 Å². The molecule has 2 saturated heterocycles. The molecule has 2 aromatic heterocycles. The summed E-state index contributed by atoms with van der Waals surface area (Å²) in [5.74, 6) is 2.74. The first-order valence-electron chi connectivity index (χ1n) is 9.97. The first-order chi connectivity index (χ1) is 13.3. The van der Waals surface area contributed by atoms with Crippen molar-refractivity contribution in [3.8, 4) is 11.3 Å². The SMILES string of the molecule is CONc1cc(-c2cnc(N3CCCC3)c(N3CCCCCC3)n2)ccn1. The molecule has 4 rings (SSSR count). The normalized spacial score (nSPS) is 17.8. The van der Waals surface area contributed by atoms with E-state index in [4.69, 9.17) is 14.8 Å². The highest BCUT2D eigenvalue weighted by atomic mass is 16.6. The predicted molar refractivity (Wildman–Crippen MR) is 108 cm³/mol. The molecule has 2 aliphatic heterocycles. The van der Waals surface area contributed by atoms with Gasteiger partial charge in [-0.15, -0.1) is 0 Å². The fourth-order valence-corrected chi connectivity index (χ4v) is 3.91. The van der Waals surface area contributed by atoms with E-state index in [1.54, 1.807) is 13.3 Å². The predicted octanol–water partition coefficient (Wildman–Crippen LogP) is 3.49. The standard InChI is InChI=1S/C20H28N6O/c1-27-24-18-14-16(8-9-21-18)17-15-22-19(25-12-6-7-13-25)20(23-17)26-10-4-2-3-5-11-26/h8-9,14-15H,2-7,10-13H2,1H3,(H,21,24). The number of anilines is 3. The Morgan fingerprint density at radius 2 is 1.56 bits per heavy atom. The molecule has 1 N–H and O–H groups in total. The van der Waals surface area contributed by atoms with E-state index in [0.717, 1.165) is 49.1 Å². The van der Waals surface area contributed by atoms with E-state index in [-0.39, 0.29) is 0 Å². The highest BCUT2D eigenvalue weighted by Crippen LogP contribution is 2.32. The largest absolute Gasteiger partial charge is 0.354 e. The van der Waals surface area contributed by atoms with Crippen molar-refractivity contribution in [2.24, 2.45) is 0 Å². The summed E-state index contributed by atoms with van der Waals surface area (Å²) in [6.07, 6.45) is 11.2. The maximum absolute atomic E-state index is 5.08. The fourth-order valence-electron chi connectivity index (χ4n) is 3.91. The summed E-state index contributed by atoms with van der Waals surface area (Å²) in [5, 5.41) is 0. The van der Waals surface area contributed by atoms with Crippen LogP contribution >= 0.6 is 0 Å². The van der Waals surface area contributed by atoms with Gasteiger partial charge in [0.25, 0.3) is 0 Å². The molecule has 0 saturated carbocycles. The van der Waals surface area contributed by atoms with Gasteiger partial charge >= 0.3 is 0 Å². The lowest BCUT2D eigenvalue weighted by Crippen LogP contribution is -2.29. The molecule has 0 spiro atoms. The van der Waals surface area contributed by atoms with Crippen molar-refractivity contribution in [3.05, 3.63) is 24.5 Å². The highest BCUT2D eigenvalue weighted by molar-refractivity contribution is 5.70. The summed E-state index contributed by atoms with van der Waals surface area (Å²) in [6.45, 7) is 4.27. The Morgan fingerprint density at radius 1 is 0.889 bits per heavy atom. The maximum atomic E-state index is 5.08. The van der Waals surface area contributed by atoms with Gasteiger partial charge < -0.3 is 9.80 Å². The van der Waals surface area contributed by atoms with E-state index in [1.165, 1.54) is 38.5 Å². The number of aromatic nitrogens is 3. The van der Waals surface area contributed by atoms with Crippen LogP contribution in [0.5, 0.6) is 0 Å². The van der Waals surface area contributed by atoms with E-state index >= 15 is 0 Å².